The number of benzene rings is 3. The standard InChI is InChI=1S/C32H29N3O3S/c1-21-7-5-10-24(17-21)34-29(37)20-39-32-26(18-33)30(31-27(35-32)11-6-12-28(31)36)23-13-15-25(16-14-23)38-19-22-8-3-2-4-9-22/h2-5,7-10,13-17,30,35H,6,11-12,19-20H2,1H3,(H,34,37). The van der Waals surface area contributed by atoms with Crippen molar-refractivity contribution in [1.82, 2.24) is 5.32 Å². The normalized spacial score (nSPS) is 16.7. The third-order valence-electron chi connectivity index (χ3n) is 6.77. The maximum atomic E-state index is 13.1. The molecule has 196 valence electrons. The molecule has 5 rings (SSSR count). The van der Waals surface area contributed by atoms with Crippen molar-refractivity contribution in [3.05, 3.63) is 117 Å². The number of carbonyl (C=O) groups excluding carboxylic acids is 2. The van der Waals surface area contributed by atoms with Gasteiger partial charge in [-0.2, -0.15) is 5.26 Å². The van der Waals surface area contributed by atoms with Gasteiger partial charge in [0.1, 0.15) is 12.4 Å². The van der Waals surface area contributed by atoms with E-state index >= 15 is 0 Å². The Morgan fingerprint density at radius 3 is 2.62 bits per heavy atom. The summed E-state index contributed by atoms with van der Waals surface area (Å²) in [6, 6.07) is 27.5. The molecule has 7 heteroatoms. The van der Waals surface area contributed by atoms with E-state index in [2.05, 4.69) is 16.7 Å². The highest BCUT2D eigenvalue weighted by molar-refractivity contribution is 8.03. The van der Waals surface area contributed by atoms with Gasteiger partial charge in [-0.05, 0) is 60.7 Å². The Balaban J connectivity index is 1.37. The minimum Gasteiger partial charge on any atom is -0.489 e. The van der Waals surface area contributed by atoms with Crippen LogP contribution in [0.3, 0.4) is 0 Å². The van der Waals surface area contributed by atoms with Gasteiger partial charge in [0.2, 0.25) is 5.91 Å². The van der Waals surface area contributed by atoms with Crippen LogP contribution < -0.4 is 15.4 Å². The van der Waals surface area contributed by atoms with Gasteiger partial charge in [0.05, 0.1) is 28.3 Å². The number of hydrogen-bond acceptors (Lipinski definition) is 6. The maximum Gasteiger partial charge on any atom is 0.234 e. The number of hydrogen-bond donors (Lipinski definition) is 2. The lowest BCUT2D eigenvalue weighted by atomic mass is 9.77. The first kappa shape index (κ1) is 26.3. The molecule has 3 aromatic rings. The molecule has 1 amide bonds. The van der Waals surface area contributed by atoms with Crippen molar-refractivity contribution < 1.29 is 14.3 Å². The van der Waals surface area contributed by atoms with Gasteiger partial charge < -0.3 is 15.4 Å². The maximum absolute atomic E-state index is 13.1. The topological polar surface area (TPSA) is 91.2 Å². The van der Waals surface area contributed by atoms with Crippen LogP contribution in [-0.4, -0.2) is 17.4 Å². The number of dihydropyridines is 1. The van der Waals surface area contributed by atoms with E-state index in [0.29, 0.717) is 35.0 Å². The van der Waals surface area contributed by atoms with Crippen molar-refractivity contribution in [1.29, 1.82) is 5.26 Å². The second-order valence-corrected chi connectivity index (χ2v) is 10.6. The summed E-state index contributed by atoms with van der Waals surface area (Å²) in [5, 5.41) is 17.1. The number of Topliss-reactive ketones (excluding diaryl/α,β-unsaturated/α-hetero) is 1. The number of allylic oxidation sites excluding steroid dienone is 3. The Bertz CT molecular complexity index is 1490. The fourth-order valence-electron chi connectivity index (χ4n) is 4.93. The highest BCUT2D eigenvalue weighted by Gasteiger charge is 2.37. The molecule has 0 spiro atoms. The summed E-state index contributed by atoms with van der Waals surface area (Å²) in [4.78, 5) is 25.8. The van der Waals surface area contributed by atoms with Crippen LogP contribution in [0.25, 0.3) is 0 Å². The van der Waals surface area contributed by atoms with Crippen molar-refractivity contribution in [2.45, 2.75) is 38.7 Å². The van der Waals surface area contributed by atoms with Crippen molar-refractivity contribution in [3.8, 4) is 11.8 Å². The molecule has 0 radical (unpaired) electrons. The van der Waals surface area contributed by atoms with Gasteiger partial charge >= 0.3 is 0 Å². The van der Waals surface area contributed by atoms with Crippen LogP contribution in [0.15, 0.2) is 101 Å². The van der Waals surface area contributed by atoms with Gasteiger partial charge in [-0.15, -0.1) is 0 Å². The molecule has 0 saturated carbocycles. The molecule has 0 saturated heterocycles. The summed E-state index contributed by atoms with van der Waals surface area (Å²) in [5.41, 5.74) is 5.68. The van der Waals surface area contributed by atoms with Gasteiger partial charge in [0, 0.05) is 23.4 Å². The summed E-state index contributed by atoms with van der Waals surface area (Å²) < 4.78 is 5.94. The second-order valence-electron chi connectivity index (χ2n) is 9.63. The van der Waals surface area contributed by atoms with E-state index in [0.717, 1.165) is 40.9 Å². The van der Waals surface area contributed by atoms with E-state index in [1.54, 1.807) is 0 Å². The average molecular weight is 536 g/mol. The van der Waals surface area contributed by atoms with Crippen LogP contribution in [0, 0.1) is 18.3 Å². The monoisotopic (exact) mass is 535 g/mol. The summed E-state index contributed by atoms with van der Waals surface area (Å²) in [5.74, 6) is 0.271. The summed E-state index contributed by atoms with van der Waals surface area (Å²) in [6.45, 7) is 2.43. The Kier molecular flexibility index (Phi) is 8.14. The number of nitrogens with one attached hydrogen (secondary N) is 2. The zero-order valence-corrected chi connectivity index (χ0v) is 22.5. The first-order chi connectivity index (χ1) is 19.0. The Hall–Kier alpha value is -4.28. The van der Waals surface area contributed by atoms with Crippen molar-refractivity contribution >= 4 is 29.1 Å². The number of ether oxygens (including phenoxy) is 1. The van der Waals surface area contributed by atoms with E-state index in [9.17, 15) is 14.9 Å². The third-order valence-corrected chi connectivity index (χ3v) is 7.79. The lowest BCUT2D eigenvalue weighted by Crippen LogP contribution is -2.31. The molecule has 39 heavy (non-hydrogen) atoms. The fraction of sp³-hybridized carbons (Fsp3) is 0.219. The molecule has 2 N–H and O–H groups in total. The predicted octanol–water partition coefficient (Wildman–Crippen LogP) is 6.38. The van der Waals surface area contributed by atoms with Crippen molar-refractivity contribution in [3.63, 3.8) is 0 Å². The summed E-state index contributed by atoms with van der Waals surface area (Å²) in [7, 11) is 0. The predicted molar refractivity (Wildman–Crippen MR) is 154 cm³/mol. The Labute approximate surface area is 232 Å². The smallest absolute Gasteiger partial charge is 0.234 e. The van der Waals surface area contributed by atoms with Gasteiger partial charge in [-0.1, -0.05) is 66.4 Å². The molecular weight excluding hydrogens is 506 g/mol. The molecule has 1 aliphatic heterocycles. The summed E-state index contributed by atoms with van der Waals surface area (Å²) >= 11 is 1.29. The lowest BCUT2D eigenvalue weighted by Gasteiger charge is -2.33. The molecule has 1 unspecified atom stereocenters. The van der Waals surface area contributed by atoms with Gasteiger partial charge in [0.15, 0.2) is 5.78 Å². The van der Waals surface area contributed by atoms with Crippen LogP contribution in [0.2, 0.25) is 0 Å². The zero-order chi connectivity index (χ0) is 27.2. The van der Waals surface area contributed by atoms with E-state index in [4.69, 9.17) is 4.74 Å². The minimum absolute atomic E-state index is 0.0622. The molecule has 1 heterocycles. The van der Waals surface area contributed by atoms with Crippen LogP contribution in [0.5, 0.6) is 5.75 Å². The molecule has 6 nitrogen and oxygen atoms in total. The van der Waals surface area contributed by atoms with Gasteiger partial charge in [0.25, 0.3) is 0 Å². The van der Waals surface area contributed by atoms with Crippen LogP contribution in [0.1, 0.15) is 41.9 Å². The molecule has 0 fully saturated rings. The molecule has 3 aromatic carbocycles. The van der Waals surface area contributed by atoms with Gasteiger partial charge in [-0.25, -0.2) is 0 Å². The molecule has 0 aromatic heterocycles. The van der Waals surface area contributed by atoms with Crippen molar-refractivity contribution in [2.24, 2.45) is 0 Å². The molecular formula is C32H29N3O3S. The Morgan fingerprint density at radius 2 is 1.87 bits per heavy atom. The molecule has 1 atom stereocenters. The van der Waals surface area contributed by atoms with Crippen LogP contribution in [0.4, 0.5) is 5.69 Å². The van der Waals surface area contributed by atoms with Crippen LogP contribution >= 0.6 is 11.8 Å². The Morgan fingerprint density at radius 1 is 1.08 bits per heavy atom. The molecule has 1 aliphatic carbocycles. The highest BCUT2D eigenvalue weighted by atomic mass is 32.2. The number of amides is 1. The number of nitriles is 1. The van der Waals surface area contributed by atoms with Gasteiger partial charge in [-0.3, -0.25) is 9.59 Å². The number of nitrogens with zero attached hydrogens (tertiary/aromatic N) is 1. The number of carbonyl (C=O) groups is 2. The van der Waals surface area contributed by atoms with Crippen molar-refractivity contribution in [2.75, 3.05) is 11.1 Å². The second kappa shape index (κ2) is 12.1. The van der Waals surface area contributed by atoms with E-state index in [1.807, 2.05) is 85.8 Å². The molecule has 0 bridgehead atoms. The highest BCUT2D eigenvalue weighted by Crippen LogP contribution is 2.44. The zero-order valence-electron chi connectivity index (χ0n) is 21.7. The van der Waals surface area contributed by atoms with E-state index in [-0.39, 0.29) is 17.4 Å². The first-order valence-corrected chi connectivity index (χ1v) is 13.9. The number of aryl methyl sites for hydroxylation is 1. The summed E-state index contributed by atoms with van der Waals surface area (Å²) in [6.07, 6.45) is 1.96. The molecule has 2 aliphatic rings. The SMILES string of the molecule is Cc1cccc(NC(=O)CSC2=C(C#N)C(c3ccc(OCc4ccccc4)cc3)C3=C(CCCC3=O)N2)c1. The first-order valence-electron chi connectivity index (χ1n) is 13.0. The number of rotatable bonds is 8. The van der Waals surface area contributed by atoms with E-state index in [1.165, 1.54) is 11.8 Å². The number of thioether (sulfide) groups is 1. The lowest BCUT2D eigenvalue weighted by molar-refractivity contribution is -0.116. The largest absolute Gasteiger partial charge is 0.489 e. The minimum atomic E-state index is -0.482. The number of anilines is 1. The van der Waals surface area contributed by atoms with E-state index < -0.39 is 5.92 Å². The van der Waals surface area contributed by atoms with Crippen LogP contribution in [-0.2, 0) is 16.2 Å². The third kappa shape index (κ3) is 6.24. The number of ketones is 1. The quantitative estimate of drug-likeness (QED) is 0.348. The fourth-order valence-corrected chi connectivity index (χ4v) is 5.79. The average Bonchev–Trinajstić information content (AvgIpc) is 2.95.